The molecule has 0 aliphatic carbocycles. The Hall–Kier alpha value is -2.70. The summed E-state index contributed by atoms with van der Waals surface area (Å²) in [7, 11) is 0. The minimum atomic E-state index is -0.702. The first-order valence-electron chi connectivity index (χ1n) is 8.08. The molecule has 2 aromatic rings. The largest absolute Gasteiger partial charge is 0.481 e. The molecule has 7 heteroatoms. The van der Waals surface area contributed by atoms with Crippen LogP contribution in [0.25, 0.3) is 0 Å². The lowest BCUT2D eigenvalue weighted by molar-refractivity contribution is -0.142. The van der Waals surface area contributed by atoms with E-state index in [-0.39, 0.29) is 5.92 Å². The number of carboxylic acids is 1. The van der Waals surface area contributed by atoms with E-state index >= 15 is 0 Å². The second kappa shape index (κ2) is 7.25. The zero-order chi connectivity index (χ0) is 16.9. The summed E-state index contributed by atoms with van der Waals surface area (Å²) in [4.78, 5) is 26.3. The fraction of sp³-hybridized carbons (Fsp3) is 0.412. The molecule has 0 amide bonds. The van der Waals surface area contributed by atoms with Crippen LogP contribution in [-0.2, 0) is 11.3 Å². The van der Waals surface area contributed by atoms with Gasteiger partial charge in [0.2, 0.25) is 5.95 Å². The second-order valence-electron chi connectivity index (χ2n) is 6.01. The molecule has 126 valence electrons. The Morgan fingerprint density at radius 2 is 2.17 bits per heavy atom. The monoisotopic (exact) mass is 327 g/mol. The number of carboxylic acid groups (broad SMARTS) is 1. The highest BCUT2D eigenvalue weighted by Gasteiger charge is 2.25. The van der Waals surface area contributed by atoms with Gasteiger partial charge in [0.1, 0.15) is 5.82 Å². The fourth-order valence-electron chi connectivity index (χ4n) is 2.83. The summed E-state index contributed by atoms with van der Waals surface area (Å²) in [6, 6.07) is 5.83. The van der Waals surface area contributed by atoms with Gasteiger partial charge in [-0.25, -0.2) is 4.98 Å². The van der Waals surface area contributed by atoms with Crippen molar-refractivity contribution in [3.05, 3.63) is 41.9 Å². The van der Waals surface area contributed by atoms with Gasteiger partial charge in [0.05, 0.1) is 5.92 Å². The molecular weight excluding hydrogens is 306 g/mol. The van der Waals surface area contributed by atoms with Gasteiger partial charge in [0, 0.05) is 43.8 Å². The smallest absolute Gasteiger partial charge is 0.306 e. The molecule has 7 nitrogen and oxygen atoms in total. The molecule has 1 aliphatic rings. The van der Waals surface area contributed by atoms with Crippen LogP contribution in [0.4, 0.5) is 11.8 Å². The second-order valence-corrected chi connectivity index (χ2v) is 6.01. The summed E-state index contributed by atoms with van der Waals surface area (Å²) in [5.41, 5.74) is 1.94. The van der Waals surface area contributed by atoms with E-state index in [9.17, 15) is 4.79 Å². The molecule has 2 N–H and O–H groups in total. The Kier molecular flexibility index (Phi) is 4.88. The zero-order valence-corrected chi connectivity index (χ0v) is 13.6. The number of rotatable bonds is 5. The number of hydrogen-bond donors (Lipinski definition) is 2. The maximum atomic E-state index is 11.1. The van der Waals surface area contributed by atoms with Gasteiger partial charge in [0.25, 0.3) is 0 Å². The minimum Gasteiger partial charge on any atom is -0.481 e. The number of aryl methyl sites for hydroxylation is 1. The Morgan fingerprint density at radius 3 is 2.83 bits per heavy atom. The van der Waals surface area contributed by atoms with Crippen LogP contribution in [0, 0.1) is 12.8 Å². The lowest BCUT2D eigenvalue weighted by Crippen LogP contribution is -2.37. The minimum absolute atomic E-state index is 0.243. The van der Waals surface area contributed by atoms with Gasteiger partial charge in [0.15, 0.2) is 0 Å². The highest BCUT2D eigenvalue weighted by atomic mass is 16.4. The lowest BCUT2D eigenvalue weighted by atomic mass is 9.97. The predicted molar refractivity (Wildman–Crippen MR) is 90.9 cm³/mol. The van der Waals surface area contributed by atoms with E-state index in [1.54, 1.807) is 12.4 Å². The van der Waals surface area contributed by atoms with Gasteiger partial charge in [-0.1, -0.05) is 6.07 Å². The molecular formula is C17H21N5O2. The number of piperidine rings is 1. The third-order valence-electron chi connectivity index (χ3n) is 4.18. The molecule has 0 bridgehead atoms. The quantitative estimate of drug-likeness (QED) is 0.869. The molecule has 3 heterocycles. The summed E-state index contributed by atoms with van der Waals surface area (Å²) in [6.45, 7) is 3.95. The van der Waals surface area contributed by atoms with Crippen molar-refractivity contribution in [2.24, 2.45) is 5.92 Å². The number of anilines is 2. The molecule has 0 saturated carbocycles. The van der Waals surface area contributed by atoms with E-state index in [1.165, 1.54) is 0 Å². The lowest BCUT2D eigenvalue weighted by Gasteiger charge is -2.31. The molecule has 3 rings (SSSR count). The van der Waals surface area contributed by atoms with Crippen LogP contribution in [0.3, 0.4) is 0 Å². The molecule has 2 aromatic heterocycles. The zero-order valence-electron chi connectivity index (χ0n) is 13.6. The molecule has 0 aromatic carbocycles. The number of aliphatic carboxylic acids is 1. The van der Waals surface area contributed by atoms with E-state index in [0.29, 0.717) is 38.4 Å². The predicted octanol–water partition coefficient (Wildman–Crippen LogP) is 2.09. The molecule has 1 fully saturated rings. The molecule has 1 saturated heterocycles. The summed E-state index contributed by atoms with van der Waals surface area (Å²) in [5.74, 6) is 0.481. The summed E-state index contributed by atoms with van der Waals surface area (Å²) >= 11 is 0. The van der Waals surface area contributed by atoms with Crippen LogP contribution < -0.4 is 10.2 Å². The summed E-state index contributed by atoms with van der Waals surface area (Å²) in [6.07, 6.45) is 4.85. The Labute approximate surface area is 140 Å². The molecule has 0 atom stereocenters. The van der Waals surface area contributed by atoms with E-state index < -0.39 is 5.97 Å². The first-order chi connectivity index (χ1) is 11.6. The van der Waals surface area contributed by atoms with Crippen molar-refractivity contribution in [1.29, 1.82) is 0 Å². The van der Waals surface area contributed by atoms with Crippen LogP contribution in [-0.4, -0.2) is 39.1 Å². The number of nitrogens with zero attached hydrogens (tertiary/aromatic N) is 4. The SMILES string of the molecule is Cc1cc(N2CCC(C(=O)O)CC2)nc(NCc2cccnc2)n1. The van der Waals surface area contributed by atoms with Crippen molar-refractivity contribution in [2.75, 3.05) is 23.3 Å². The Balaban J connectivity index is 1.67. The number of hydrogen-bond acceptors (Lipinski definition) is 6. The van der Waals surface area contributed by atoms with Gasteiger partial charge >= 0.3 is 5.97 Å². The van der Waals surface area contributed by atoms with Crippen molar-refractivity contribution >= 4 is 17.7 Å². The topological polar surface area (TPSA) is 91.2 Å². The van der Waals surface area contributed by atoms with Gasteiger partial charge in [-0.3, -0.25) is 9.78 Å². The highest BCUT2D eigenvalue weighted by molar-refractivity contribution is 5.70. The molecule has 0 unspecified atom stereocenters. The highest BCUT2D eigenvalue weighted by Crippen LogP contribution is 2.23. The average molecular weight is 327 g/mol. The van der Waals surface area contributed by atoms with Crippen molar-refractivity contribution in [2.45, 2.75) is 26.3 Å². The summed E-state index contributed by atoms with van der Waals surface area (Å²) in [5, 5.41) is 12.3. The van der Waals surface area contributed by atoms with Crippen molar-refractivity contribution in [3.8, 4) is 0 Å². The van der Waals surface area contributed by atoms with Gasteiger partial charge < -0.3 is 15.3 Å². The van der Waals surface area contributed by atoms with Crippen LogP contribution in [0.15, 0.2) is 30.6 Å². The van der Waals surface area contributed by atoms with Crippen LogP contribution in [0.5, 0.6) is 0 Å². The van der Waals surface area contributed by atoms with Gasteiger partial charge in [-0.2, -0.15) is 4.98 Å². The van der Waals surface area contributed by atoms with E-state index in [0.717, 1.165) is 17.1 Å². The Bertz CT molecular complexity index is 699. The number of aromatic nitrogens is 3. The molecule has 0 spiro atoms. The van der Waals surface area contributed by atoms with Crippen molar-refractivity contribution in [1.82, 2.24) is 15.0 Å². The first kappa shape index (κ1) is 16.2. The Morgan fingerprint density at radius 1 is 1.38 bits per heavy atom. The van der Waals surface area contributed by atoms with Gasteiger partial charge in [-0.15, -0.1) is 0 Å². The van der Waals surface area contributed by atoms with Crippen LogP contribution in [0.1, 0.15) is 24.1 Å². The van der Waals surface area contributed by atoms with E-state index in [2.05, 4.69) is 25.2 Å². The van der Waals surface area contributed by atoms with E-state index in [4.69, 9.17) is 5.11 Å². The fourth-order valence-corrected chi connectivity index (χ4v) is 2.83. The third kappa shape index (κ3) is 3.98. The molecule has 0 radical (unpaired) electrons. The van der Waals surface area contributed by atoms with Crippen LogP contribution >= 0.6 is 0 Å². The first-order valence-corrected chi connectivity index (χ1v) is 8.08. The normalized spacial score (nSPS) is 15.3. The van der Waals surface area contributed by atoms with Crippen molar-refractivity contribution in [3.63, 3.8) is 0 Å². The van der Waals surface area contributed by atoms with E-state index in [1.807, 2.05) is 25.1 Å². The molecule has 1 aliphatic heterocycles. The number of nitrogens with one attached hydrogen (secondary N) is 1. The number of carbonyl (C=O) groups is 1. The molecule has 24 heavy (non-hydrogen) atoms. The standard InChI is InChI=1S/C17H21N5O2/c1-12-9-15(22-7-4-14(5-8-22)16(23)24)21-17(20-12)19-11-13-3-2-6-18-10-13/h2-3,6,9-10,14H,4-5,7-8,11H2,1H3,(H,23,24)(H,19,20,21). The van der Waals surface area contributed by atoms with Crippen molar-refractivity contribution < 1.29 is 9.90 Å². The van der Waals surface area contributed by atoms with Gasteiger partial charge in [-0.05, 0) is 31.4 Å². The number of pyridine rings is 1. The maximum absolute atomic E-state index is 11.1. The average Bonchev–Trinajstić information content (AvgIpc) is 2.60. The third-order valence-corrected chi connectivity index (χ3v) is 4.18. The van der Waals surface area contributed by atoms with Crippen LogP contribution in [0.2, 0.25) is 0 Å². The maximum Gasteiger partial charge on any atom is 0.306 e. The summed E-state index contributed by atoms with van der Waals surface area (Å²) < 4.78 is 0.